The molecule has 6 rings (SSSR count). The third-order valence-corrected chi connectivity index (χ3v) is 7.99. The van der Waals surface area contributed by atoms with Gasteiger partial charge in [-0.25, -0.2) is 9.78 Å². The van der Waals surface area contributed by atoms with Crippen molar-refractivity contribution in [2.24, 2.45) is 0 Å². The van der Waals surface area contributed by atoms with Crippen molar-refractivity contribution in [2.45, 2.75) is 25.8 Å². The zero-order valence-corrected chi connectivity index (χ0v) is 21.5. The van der Waals surface area contributed by atoms with Crippen LogP contribution in [-0.2, 0) is 0 Å². The van der Waals surface area contributed by atoms with Crippen molar-refractivity contribution in [2.75, 3.05) is 30.4 Å². The molecule has 4 aromatic rings. The van der Waals surface area contributed by atoms with Gasteiger partial charge < -0.3 is 20.3 Å². The van der Waals surface area contributed by atoms with Crippen LogP contribution in [0.15, 0.2) is 60.8 Å². The minimum absolute atomic E-state index is 0.128. The Kier molecular flexibility index (Phi) is 6.02. The highest BCUT2D eigenvalue weighted by Gasteiger charge is 2.34. The fourth-order valence-electron chi connectivity index (χ4n) is 4.95. The van der Waals surface area contributed by atoms with Crippen molar-refractivity contribution in [3.63, 3.8) is 0 Å². The van der Waals surface area contributed by atoms with E-state index in [2.05, 4.69) is 27.6 Å². The number of piperidine rings is 1. The minimum atomic E-state index is -0.313. The lowest BCUT2D eigenvalue weighted by molar-refractivity contribution is 0.0922. The van der Waals surface area contributed by atoms with Gasteiger partial charge in [-0.15, -0.1) is 11.3 Å². The van der Waals surface area contributed by atoms with E-state index in [0.29, 0.717) is 26.8 Å². The van der Waals surface area contributed by atoms with Crippen molar-refractivity contribution in [1.29, 1.82) is 0 Å². The molecular formula is C28H27N5O3S. The summed E-state index contributed by atoms with van der Waals surface area (Å²) in [5.41, 5.74) is 2.86. The lowest BCUT2D eigenvalue weighted by atomic mass is 10.1. The standard InChI is InChI=1S/C28H27N5O3S/c1-17-16-20(36-19-6-4-3-5-7-19)8-9-21(17)33-22-10-13-29-27-23(22)24(31-28(33)35)25(37-27)26(34)30-18-11-14-32(2)15-12-18/h3-10,13,16,18H,11-12,14-15H2,1-2H3,(H,30,34)(H,31,35). The van der Waals surface area contributed by atoms with Crippen molar-refractivity contribution < 1.29 is 14.3 Å². The van der Waals surface area contributed by atoms with Crippen LogP contribution in [0.1, 0.15) is 28.1 Å². The smallest absolute Gasteiger partial charge is 0.331 e. The molecule has 2 N–H and O–H groups in total. The Balaban J connectivity index is 1.32. The second kappa shape index (κ2) is 9.49. The number of likely N-dealkylation sites (tertiary alicyclic amines) is 1. The molecule has 1 saturated heterocycles. The normalized spacial score (nSPS) is 16.1. The van der Waals surface area contributed by atoms with Crippen LogP contribution < -0.4 is 20.3 Å². The van der Waals surface area contributed by atoms with Crippen LogP contribution in [0.4, 0.5) is 21.9 Å². The number of carbonyl (C=O) groups excluding carboxylic acids is 2. The number of amides is 3. The molecule has 1 fully saturated rings. The van der Waals surface area contributed by atoms with E-state index in [4.69, 9.17) is 4.74 Å². The monoisotopic (exact) mass is 513 g/mol. The number of thiophene rings is 1. The Morgan fingerprint density at radius 1 is 1.08 bits per heavy atom. The molecule has 2 aliphatic heterocycles. The van der Waals surface area contributed by atoms with E-state index >= 15 is 0 Å². The third kappa shape index (κ3) is 4.41. The van der Waals surface area contributed by atoms with Gasteiger partial charge in [-0.3, -0.25) is 9.69 Å². The van der Waals surface area contributed by atoms with Gasteiger partial charge in [0.1, 0.15) is 21.2 Å². The molecule has 0 saturated carbocycles. The maximum Gasteiger partial charge on any atom is 0.331 e. The minimum Gasteiger partial charge on any atom is -0.457 e. The molecule has 0 spiro atoms. The number of ether oxygens (including phenoxy) is 1. The summed E-state index contributed by atoms with van der Waals surface area (Å²) >= 11 is 1.31. The number of hydrogen-bond donors (Lipinski definition) is 2. The van der Waals surface area contributed by atoms with Gasteiger partial charge in [0.05, 0.1) is 22.4 Å². The average molecular weight is 514 g/mol. The molecule has 188 valence electrons. The Bertz CT molecular complexity index is 1490. The van der Waals surface area contributed by atoms with Crippen molar-refractivity contribution in [1.82, 2.24) is 15.2 Å². The van der Waals surface area contributed by atoms with E-state index in [0.717, 1.165) is 48.3 Å². The van der Waals surface area contributed by atoms with E-state index < -0.39 is 0 Å². The average Bonchev–Trinajstić information content (AvgIpc) is 3.27. The molecule has 0 aliphatic carbocycles. The number of hydrogen-bond acceptors (Lipinski definition) is 6. The Morgan fingerprint density at radius 3 is 2.62 bits per heavy atom. The van der Waals surface area contributed by atoms with Crippen LogP contribution in [0.3, 0.4) is 0 Å². The predicted molar refractivity (Wildman–Crippen MR) is 146 cm³/mol. The summed E-state index contributed by atoms with van der Waals surface area (Å²) in [6, 6.07) is 16.9. The molecule has 8 nitrogen and oxygen atoms in total. The van der Waals surface area contributed by atoms with Crippen LogP contribution in [0.2, 0.25) is 0 Å². The molecule has 2 aromatic heterocycles. The number of rotatable bonds is 5. The largest absolute Gasteiger partial charge is 0.457 e. The number of anilines is 3. The molecule has 0 radical (unpaired) electrons. The maximum absolute atomic E-state index is 13.5. The van der Waals surface area contributed by atoms with Crippen molar-refractivity contribution in [3.05, 3.63) is 71.2 Å². The SMILES string of the molecule is Cc1cc(Oc2ccccc2)ccc1N1C(=O)Nc2c(C(=O)NC3CCN(C)CC3)sc3nccc1c23. The number of benzene rings is 2. The first-order valence-electron chi connectivity index (χ1n) is 12.3. The molecule has 3 amide bonds. The number of nitrogens with one attached hydrogen (secondary N) is 2. The number of aromatic nitrogens is 1. The Labute approximate surface area is 218 Å². The maximum atomic E-state index is 13.5. The summed E-state index contributed by atoms with van der Waals surface area (Å²) in [6.07, 6.45) is 3.51. The highest BCUT2D eigenvalue weighted by Crippen LogP contribution is 2.46. The molecule has 2 aliphatic rings. The highest BCUT2D eigenvalue weighted by molar-refractivity contribution is 7.21. The Hall–Kier alpha value is -3.95. The predicted octanol–water partition coefficient (Wildman–Crippen LogP) is 5.90. The second-order valence-corrected chi connectivity index (χ2v) is 10.5. The lowest BCUT2D eigenvalue weighted by Crippen LogP contribution is -2.43. The van der Waals surface area contributed by atoms with Gasteiger partial charge in [0, 0.05) is 12.2 Å². The molecular weight excluding hydrogens is 486 g/mol. The van der Waals surface area contributed by atoms with Crippen LogP contribution in [0, 0.1) is 6.92 Å². The summed E-state index contributed by atoms with van der Waals surface area (Å²) in [4.78, 5) is 36.3. The highest BCUT2D eigenvalue weighted by atomic mass is 32.1. The number of urea groups is 1. The van der Waals surface area contributed by atoms with E-state index in [-0.39, 0.29) is 18.0 Å². The second-order valence-electron chi connectivity index (χ2n) is 9.50. The number of para-hydroxylation sites is 1. The number of pyridine rings is 1. The van der Waals surface area contributed by atoms with Gasteiger partial charge in [0.25, 0.3) is 5.91 Å². The molecule has 0 atom stereocenters. The van der Waals surface area contributed by atoms with Crippen molar-refractivity contribution >= 4 is 50.6 Å². The van der Waals surface area contributed by atoms with E-state index in [1.807, 2.05) is 61.5 Å². The zero-order chi connectivity index (χ0) is 25.5. The molecule has 0 bridgehead atoms. The number of carbonyl (C=O) groups is 2. The van der Waals surface area contributed by atoms with Gasteiger partial charge in [-0.2, -0.15) is 0 Å². The summed E-state index contributed by atoms with van der Waals surface area (Å²) in [5.74, 6) is 1.27. The van der Waals surface area contributed by atoms with E-state index in [1.165, 1.54) is 11.3 Å². The molecule has 37 heavy (non-hydrogen) atoms. The topological polar surface area (TPSA) is 86.8 Å². The van der Waals surface area contributed by atoms with Crippen LogP contribution in [-0.4, -0.2) is 48.0 Å². The van der Waals surface area contributed by atoms with Crippen LogP contribution in [0.25, 0.3) is 10.2 Å². The Morgan fingerprint density at radius 2 is 1.86 bits per heavy atom. The van der Waals surface area contributed by atoms with Gasteiger partial charge in [-0.1, -0.05) is 18.2 Å². The van der Waals surface area contributed by atoms with Gasteiger partial charge in [0.2, 0.25) is 0 Å². The van der Waals surface area contributed by atoms with E-state index in [9.17, 15) is 9.59 Å². The summed E-state index contributed by atoms with van der Waals surface area (Å²) in [6.45, 7) is 3.86. The first kappa shape index (κ1) is 23.4. The third-order valence-electron chi connectivity index (χ3n) is 6.89. The fraction of sp³-hybridized carbons (Fsp3) is 0.250. The molecule has 2 aromatic carbocycles. The van der Waals surface area contributed by atoms with Gasteiger partial charge >= 0.3 is 6.03 Å². The van der Waals surface area contributed by atoms with Crippen molar-refractivity contribution in [3.8, 4) is 11.5 Å². The summed E-state index contributed by atoms with van der Waals surface area (Å²) < 4.78 is 5.97. The van der Waals surface area contributed by atoms with E-state index in [1.54, 1.807) is 11.1 Å². The fourth-order valence-corrected chi connectivity index (χ4v) is 5.98. The quantitative estimate of drug-likeness (QED) is 0.347. The first-order valence-corrected chi connectivity index (χ1v) is 13.1. The molecule has 0 unspecified atom stereocenters. The first-order chi connectivity index (χ1) is 18.0. The van der Waals surface area contributed by atoms with Crippen LogP contribution in [0.5, 0.6) is 11.5 Å². The summed E-state index contributed by atoms with van der Waals surface area (Å²) in [5, 5.41) is 6.93. The lowest BCUT2D eigenvalue weighted by Gasteiger charge is -2.30. The molecule has 4 heterocycles. The number of nitrogens with zero attached hydrogens (tertiary/aromatic N) is 3. The zero-order valence-electron chi connectivity index (χ0n) is 20.7. The molecule has 9 heteroatoms. The van der Waals surface area contributed by atoms with Gasteiger partial charge in [0.15, 0.2) is 0 Å². The summed E-state index contributed by atoms with van der Waals surface area (Å²) in [7, 11) is 2.09. The van der Waals surface area contributed by atoms with Crippen LogP contribution >= 0.6 is 11.3 Å². The number of aryl methyl sites for hydroxylation is 1. The van der Waals surface area contributed by atoms with Gasteiger partial charge in [-0.05, 0) is 81.9 Å².